The Balaban J connectivity index is 0.914. The van der Waals surface area contributed by atoms with Crippen LogP contribution in [0.15, 0.2) is 229 Å². The summed E-state index contributed by atoms with van der Waals surface area (Å²) in [5.74, 6) is 0.453. The quantitative estimate of drug-likeness (QED) is 0.160. The van der Waals surface area contributed by atoms with Crippen molar-refractivity contribution in [3.8, 4) is 33.4 Å². The van der Waals surface area contributed by atoms with Crippen LogP contribution in [0.5, 0.6) is 0 Å². The van der Waals surface area contributed by atoms with Crippen LogP contribution in [0.1, 0.15) is 36.0 Å². The number of hydrogen-bond acceptors (Lipinski definition) is 2. The molecule has 11 aromatic rings. The summed E-state index contributed by atoms with van der Waals surface area (Å²) in [4.78, 5) is 2.39. The predicted molar refractivity (Wildman–Crippen MR) is 266 cm³/mol. The lowest BCUT2D eigenvalue weighted by Gasteiger charge is -2.28. The molecule has 0 aliphatic heterocycles. The molecule has 298 valence electrons. The van der Waals surface area contributed by atoms with Crippen molar-refractivity contribution in [2.24, 2.45) is 0 Å². The van der Waals surface area contributed by atoms with Gasteiger partial charge >= 0.3 is 0 Å². The molecule has 2 nitrogen and oxygen atoms in total. The fourth-order valence-electron chi connectivity index (χ4n) is 9.85. The average Bonchev–Trinajstić information content (AvgIpc) is 3.73. The molecule has 1 aliphatic carbocycles. The molecule has 0 saturated carbocycles. The molecule has 12 rings (SSSR count). The van der Waals surface area contributed by atoms with Crippen LogP contribution in [0.4, 0.5) is 17.1 Å². The van der Waals surface area contributed by atoms with E-state index < -0.39 is 0 Å². The zero-order valence-electron chi connectivity index (χ0n) is 35.0. The second kappa shape index (κ2) is 15.2. The summed E-state index contributed by atoms with van der Waals surface area (Å²) < 4.78 is 6.15. The molecule has 0 radical (unpaired) electrons. The van der Waals surface area contributed by atoms with Crippen molar-refractivity contribution in [1.82, 2.24) is 0 Å². The highest BCUT2D eigenvalue weighted by Gasteiger charge is 2.23. The van der Waals surface area contributed by atoms with E-state index >= 15 is 0 Å². The zero-order chi connectivity index (χ0) is 41.9. The SMILES string of the molecule is CC1CC=C(c2cccc(N(c3ccc(-c4ccc(-c5ccc6ccccc6c5)cc4)cc3)c3ccc(-c4ccc5oc6ccccc6c5c4)cc3)c2)c2ccc3ccccc3c21. The first-order chi connectivity index (χ1) is 31.1. The number of nitrogens with zero attached hydrogens (tertiary/aromatic N) is 1. The maximum absolute atomic E-state index is 6.15. The van der Waals surface area contributed by atoms with E-state index in [-0.39, 0.29) is 0 Å². The lowest BCUT2D eigenvalue weighted by Crippen LogP contribution is -2.11. The van der Waals surface area contributed by atoms with Crippen LogP contribution in [0.25, 0.3) is 82.4 Å². The van der Waals surface area contributed by atoms with Crippen molar-refractivity contribution in [3.05, 3.63) is 241 Å². The molecule has 1 unspecified atom stereocenters. The van der Waals surface area contributed by atoms with Gasteiger partial charge in [0, 0.05) is 27.8 Å². The van der Waals surface area contributed by atoms with Gasteiger partial charge in [0.1, 0.15) is 11.2 Å². The minimum absolute atomic E-state index is 0.453. The number of fused-ring (bicyclic) bond motifs is 7. The first kappa shape index (κ1) is 36.9. The van der Waals surface area contributed by atoms with Gasteiger partial charge in [0.05, 0.1) is 0 Å². The fraction of sp³-hybridized carbons (Fsp3) is 0.0492. The van der Waals surface area contributed by atoms with Crippen LogP contribution in [-0.2, 0) is 0 Å². The lowest BCUT2D eigenvalue weighted by molar-refractivity contribution is 0.669. The Morgan fingerprint density at radius 2 is 0.937 bits per heavy atom. The summed E-state index contributed by atoms with van der Waals surface area (Å²) in [7, 11) is 0. The minimum Gasteiger partial charge on any atom is -0.456 e. The molecule has 0 amide bonds. The van der Waals surface area contributed by atoms with Gasteiger partial charge in [-0.3, -0.25) is 0 Å². The van der Waals surface area contributed by atoms with Crippen molar-refractivity contribution >= 4 is 66.1 Å². The lowest BCUT2D eigenvalue weighted by atomic mass is 9.79. The van der Waals surface area contributed by atoms with Crippen LogP contribution in [-0.4, -0.2) is 0 Å². The van der Waals surface area contributed by atoms with E-state index in [0.29, 0.717) is 5.92 Å². The smallest absolute Gasteiger partial charge is 0.135 e. The van der Waals surface area contributed by atoms with Crippen LogP contribution in [0.3, 0.4) is 0 Å². The van der Waals surface area contributed by atoms with E-state index in [1.165, 1.54) is 66.1 Å². The number of rotatable bonds is 7. The molecule has 0 spiro atoms. The summed E-state index contributed by atoms with van der Waals surface area (Å²) >= 11 is 0. The third-order valence-corrected chi connectivity index (χ3v) is 13.1. The molecule has 0 fully saturated rings. The van der Waals surface area contributed by atoms with Crippen LogP contribution < -0.4 is 4.90 Å². The van der Waals surface area contributed by atoms with Crippen molar-refractivity contribution in [3.63, 3.8) is 0 Å². The Morgan fingerprint density at radius 1 is 0.381 bits per heavy atom. The Morgan fingerprint density at radius 3 is 1.68 bits per heavy atom. The van der Waals surface area contributed by atoms with Crippen LogP contribution in [0.2, 0.25) is 0 Å². The van der Waals surface area contributed by atoms with Crippen LogP contribution >= 0.6 is 0 Å². The van der Waals surface area contributed by atoms with Gasteiger partial charge in [0.15, 0.2) is 0 Å². The molecule has 1 heterocycles. The highest BCUT2D eigenvalue weighted by Crippen LogP contribution is 2.44. The second-order valence-corrected chi connectivity index (χ2v) is 16.9. The second-order valence-electron chi connectivity index (χ2n) is 16.9. The Kier molecular flexibility index (Phi) is 8.90. The summed E-state index contributed by atoms with van der Waals surface area (Å²) in [5.41, 5.74) is 17.6. The predicted octanol–water partition coefficient (Wildman–Crippen LogP) is 17.3. The van der Waals surface area contributed by atoms with Crippen molar-refractivity contribution in [2.75, 3.05) is 4.90 Å². The van der Waals surface area contributed by atoms with Gasteiger partial charge in [-0.25, -0.2) is 0 Å². The van der Waals surface area contributed by atoms with E-state index in [4.69, 9.17) is 4.42 Å². The molecule has 1 atom stereocenters. The molecular formula is C61H43NO. The van der Waals surface area contributed by atoms with E-state index in [1.54, 1.807) is 0 Å². The molecule has 0 bridgehead atoms. The number of anilines is 3. The molecule has 10 aromatic carbocycles. The fourth-order valence-corrected chi connectivity index (χ4v) is 9.85. The van der Waals surface area contributed by atoms with Gasteiger partial charge in [-0.1, -0.05) is 171 Å². The molecule has 0 N–H and O–H groups in total. The number of para-hydroxylation sites is 1. The van der Waals surface area contributed by atoms with Gasteiger partial charge < -0.3 is 9.32 Å². The van der Waals surface area contributed by atoms with E-state index in [2.05, 4.69) is 224 Å². The number of hydrogen-bond donors (Lipinski definition) is 0. The number of furan rings is 1. The first-order valence-corrected chi connectivity index (χ1v) is 22.0. The topological polar surface area (TPSA) is 16.4 Å². The monoisotopic (exact) mass is 805 g/mol. The number of benzene rings is 10. The standard InChI is InChI=1S/C61H43NO/c1-40-17-34-54(57-35-28-46-10-4-5-14-55(46)61(40)57)50-12-8-13-53(38-50)62(52-32-26-45(27-33-52)49-29-36-60-58(39-49)56-15-6-7-16-59(56)63-60)51-30-24-43(25-31-51)42-18-20-44(21-19-42)48-23-22-41-9-2-3-11-47(41)37-48/h2-16,18-40H,17H2,1H3. The third kappa shape index (κ3) is 6.59. The van der Waals surface area contributed by atoms with Gasteiger partial charge in [-0.15, -0.1) is 0 Å². The van der Waals surface area contributed by atoms with Crippen molar-refractivity contribution in [2.45, 2.75) is 19.3 Å². The minimum atomic E-state index is 0.453. The van der Waals surface area contributed by atoms with E-state index in [0.717, 1.165) is 56.5 Å². The highest BCUT2D eigenvalue weighted by atomic mass is 16.3. The Bertz CT molecular complexity index is 3540. The molecule has 2 heteroatoms. The molecule has 63 heavy (non-hydrogen) atoms. The Labute approximate surface area is 367 Å². The van der Waals surface area contributed by atoms with E-state index in [9.17, 15) is 0 Å². The highest BCUT2D eigenvalue weighted by molar-refractivity contribution is 6.06. The summed E-state index contributed by atoms with van der Waals surface area (Å²) in [6, 6.07) is 79.5. The summed E-state index contributed by atoms with van der Waals surface area (Å²) in [6.45, 7) is 2.36. The largest absolute Gasteiger partial charge is 0.456 e. The maximum atomic E-state index is 6.15. The maximum Gasteiger partial charge on any atom is 0.135 e. The third-order valence-electron chi connectivity index (χ3n) is 13.1. The first-order valence-electron chi connectivity index (χ1n) is 22.0. The van der Waals surface area contributed by atoms with Crippen LogP contribution in [0, 0.1) is 0 Å². The van der Waals surface area contributed by atoms with Crippen molar-refractivity contribution < 1.29 is 4.42 Å². The van der Waals surface area contributed by atoms with E-state index in [1.807, 2.05) is 12.1 Å². The molecule has 1 aliphatic rings. The molecule has 0 saturated heterocycles. The molecular weight excluding hydrogens is 763 g/mol. The van der Waals surface area contributed by atoms with Gasteiger partial charge in [0.25, 0.3) is 0 Å². The normalized spacial score (nSPS) is 13.7. The summed E-state index contributed by atoms with van der Waals surface area (Å²) in [5, 5.41) is 7.45. The average molecular weight is 806 g/mol. The Hall–Kier alpha value is -7.94. The molecule has 1 aromatic heterocycles. The summed E-state index contributed by atoms with van der Waals surface area (Å²) in [6.07, 6.45) is 3.46. The van der Waals surface area contributed by atoms with Gasteiger partial charge in [-0.2, -0.15) is 0 Å². The number of allylic oxidation sites excluding steroid dienone is 1. The van der Waals surface area contributed by atoms with Gasteiger partial charge in [-0.05, 0) is 150 Å². The van der Waals surface area contributed by atoms with Crippen molar-refractivity contribution in [1.29, 1.82) is 0 Å². The van der Waals surface area contributed by atoms with Gasteiger partial charge in [0.2, 0.25) is 0 Å². The zero-order valence-corrected chi connectivity index (χ0v) is 35.0.